The molecule has 2 aromatic rings. The van der Waals surface area contributed by atoms with Crippen LogP contribution in [0.4, 0.5) is 4.39 Å². The first-order chi connectivity index (χ1) is 14.3. The lowest BCUT2D eigenvalue weighted by Crippen LogP contribution is -2.50. The van der Waals surface area contributed by atoms with E-state index in [9.17, 15) is 14.0 Å². The molecule has 0 unspecified atom stereocenters. The van der Waals surface area contributed by atoms with Crippen molar-refractivity contribution in [2.75, 3.05) is 5.75 Å². The summed E-state index contributed by atoms with van der Waals surface area (Å²) in [5.74, 6) is -0.341. The van der Waals surface area contributed by atoms with Gasteiger partial charge in [0.2, 0.25) is 11.8 Å². The van der Waals surface area contributed by atoms with E-state index in [1.54, 1.807) is 24.0 Å². The number of halogens is 2. The molecule has 0 aliphatic carbocycles. The van der Waals surface area contributed by atoms with Gasteiger partial charge in [0.05, 0.1) is 5.75 Å². The number of nitrogens with one attached hydrogen (secondary N) is 1. The van der Waals surface area contributed by atoms with E-state index < -0.39 is 6.04 Å². The van der Waals surface area contributed by atoms with Crippen LogP contribution in [0, 0.1) is 5.82 Å². The lowest BCUT2D eigenvalue weighted by atomic mass is 10.1. The Hall–Kier alpha value is -2.05. The second kappa shape index (κ2) is 12.0. The molecule has 2 atom stereocenters. The molecule has 0 saturated carbocycles. The number of rotatable bonds is 10. The molecule has 2 aromatic carbocycles. The van der Waals surface area contributed by atoms with E-state index in [0.29, 0.717) is 17.1 Å². The maximum Gasteiger partial charge on any atom is 0.242 e. The van der Waals surface area contributed by atoms with E-state index in [0.717, 1.165) is 12.0 Å². The van der Waals surface area contributed by atoms with Crippen LogP contribution in [0.25, 0.3) is 0 Å². The summed E-state index contributed by atoms with van der Waals surface area (Å²) in [5.41, 5.74) is 1.32. The minimum Gasteiger partial charge on any atom is -0.352 e. The quantitative estimate of drug-likeness (QED) is 0.551. The van der Waals surface area contributed by atoms with Crippen molar-refractivity contribution in [1.82, 2.24) is 10.2 Å². The van der Waals surface area contributed by atoms with E-state index in [-0.39, 0.29) is 35.2 Å². The molecule has 0 heterocycles. The van der Waals surface area contributed by atoms with Gasteiger partial charge in [-0.2, -0.15) is 0 Å². The second-order valence-corrected chi connectivity index (χ2v) is 8.59. The Kier molecular flexibility index (Phi) is 9.66. The zero-order chi connectivity index (χ0) is 22.1. The van der Waals surface area contributed by atoms with E-state index in [1.165, 1.54) is 17.8 Å². The van der Waals surface area contributed by atoms with Gasteiger partial charge in [-0.25, -0.2) is 4.39 Å². The van der Waals surface area contributed by atoms with Crippen LogP contribution in [0.1, 0.15) is 38.3 Å². The fourth-order valence-electron chi connectivity index (χ4n) is 2.82. The van der Waals surface area contributed by atoms with Crippen LogP contribution in [-0.2, 0) is 21.9 Å². The number of amides is 2. The molecular weight excluding hydrogens is 423 g/mol. The van der Waals surface area contributed by atoms with Crippen LogP contribution < -0.4 is 5.32 Å². The molecule has 0 spiro atoms. The summed E-state index contributed by atoms with van der Waals surface area (Å²) in [5, 5.41) is 3.29. The average molecular weight is 451 g/mol. The molecule has 7 heteroatoms. The van der Waals surface area contributed by atoms with E-state index in [1.807, 2.05) is 44.2 Å². The van der Waals surface area contributed by atoms with Gasteiger partial charge >= 0.3 is 0 Å². The van der Waals surface area contributed by atoms with Gasteiger partial charge in [-0.15, -0.1) is 11.8 Å². The summed E-state index contributed by atoms with van der Waals surface area (Å²) in [6, 6.07) is 13.5. The van der Waals surface area contributed by atoms with Gasteiger partial charge in [0.15, 0.2) is 0 Å². The maximum absolute atomic E-state index is 14.0. The van der Waals surface area contributed by atoms with Crippen LogP contribution in [0.2, 0.25) is 5.02 Å². The summed E-state index contributed by atoms with van der Waals surface area (Å²) in [6.07, 6.45) is 0.810. The molecule has 0 radical (unpaired) electrons. The summed E-state index contributed by atoms with van der Waals surface area (Å²) in [4.78, 5) is 27.2. The zero-order valence-electron chi connectivity index (χ0n) is 17.5. The Morgan fingerprint density at radius 1 is 1.13 bits per heavy atom. The fraction of sp³-hybridized carbons (Fsp3) is 0.391. The molecule has 1 N–H and O–H groups in total. The Morgan fingerprint density at radius 3 is 2.47 bits per heavy atom. The molecule has 0 aromatic heterocycles. The van der Waals surface area contributed by atoms with Gasteiger partial charge < -0.3 is 10.2 Å². The third-order valence-corrected chi connectivity index (χ3v) is 6.20. The molecule has 0 aliphatic rings. The van der Waals surface area contributed by atoms with Gasteiger partial charge in [-0.1, -0.05) is 54.9 Å². The highest BCUT2D eigenvalue weighted by Crippen LogP contribution is 2.24. The molecule has 30 heavy (non-hydrogen) atoms. The van der Waals surface area contributed by atoms with Crippen LogP contribution in [-0.4, -0.2) is 34.6 Å². The van der Waals surface area contributed by atoms with E-state index >= 15 is 0 Å². The van der Waals surface area contributed by atoms with E-state index in [4.69, 9.17) is 11.6 Å². The van der Waals surface area contributed by atoms with Gasteiger partial charge in [-0.05, 0) is 38.0 Å². The van der Waals surface area contributed by atoms with Crippen LogP contribution >= 0.6 is 23.4 Å². The number of nitrogens with zero attached hydrogens (tertiary/aromatic N) is 1. The summed E-state index contributed by atoms with van der Waals surface area (Å²) >= 11 is 7.35. The highest BCUT2D eigenvalue weighted by Gasteiger charge is 2.26. The highest BCUT2D eigenvalue weighted by atomic mass is 35.5. The molecular formula is C23H28ClFN2O2S. The van der Waals surface area contributed by atoms with Crippen LogP contribution in [0.15, 0.2) is 48.5 Å². The topological polar surface area (TPSA) is 49.4 Å². The number of carbonyl (C=O) groups excluding carboxylic acids is 2. The Bertz CT molecular complexity index is 830. The first-order valence-electron chi connectivity index (χ1n) is 9.97. The van der Waals surface area contributed by atoms with Gasteiger partial charge in [0, 0.05) is 28.9 Å². The number of hydrogen-bond acceptors (Lipinski definition) is 3. The van der Waals surface area contributed by atoms with Gasteiger partial charge in [0.1, 0.15) is 11.9 Å². The predicted molar refractivity (Wildman–Crippen MR) is 122 cm³/mol. The van der Waals surface area contributed by atoms with Crippen molar-refractivity contribution < 1.29 is 14.0 Å². The first kappa shape index (κ1) is 24.2. The number of hydrogen-bond donors (Lipinski definition) is 1. The van der Waals surface area contributed by atoms with Crippen molar-refractivity contribution in [2.24, 2.45) is 0 Å². The van der Waals surface area contributed by atoms with Gasteiger partial charge in [-0.3, -0.25) is 9.59 Å². The van der Waals surface area contributed by atoms with Crippen molar-refractivity contribution in [1.29, 1.82) is 0 Å². The molecule has 162 valence electrons. The molecule has 2 rings (SSSR count). The third-order valence-electron chi connectivity index (χ3n) is 4.90. The van der Waals surface area contributed by atoms with Crippen molar-refractivity contribution in [3.63, 3.8) is 0 Å². The predicted octanol–water partition coefficient (Wildman–Crippen LogP) is 5.04. The summed E-state index contributed by atoms with van der Waals surface area (Å²) < 4.78 is 14.0. The summed E-state index contributed by atoms with van der Waals surface area (Å²) in [6.45, 7) is 5.99. The fourth-order valence-corrected chi connectivity index (χ4v) is 4.07. The molecule has 4 nitrogen and oxygen atoms in total. The van der Waals surface area contributed by atoms with E-state index in [2.05, 4.69) is 5.32 Å². The Labute approximate surface area is 187 Å². The molecule has 0 aliphatic heterocycles. The molecule has 0 saturated heterocycles. The van der Waals surface area contributed by atoms with Crippen molar-refractivity contribution in [2.45, 2.75) is 51.6 Å². The second-order valence-electron chi connectivity index (χ2n) is 7.19. The lowest BCUT2D eigenvalue weighted by molar-refractivity contribution is -0.138. The number of carbonyl (C=O) groups is 2. The normalized spacial score (nSPS) is 12.8. The Morgan fingerprint density at radius 2 is 1.83 bits per heavy atom. The monoisotopic (exact) mass is 450 g/mol. The zero-order valence-corrected chi connectivity index (χ0v) is 19.1. The number of thioether (sulfide) groups is 1. The third kappa shape index (κ3) is 7.03. The van der Waals surface area contributed by atoms with Crippen LogP contribution in [0.5, 0.6) is 0 Å². The number of benzene rings is 2. The smallest absolute Gasteiger partial charge is 0.242 e. The minimum atomic E-state index is -0.621. The van der Waals surface area contributed by atoms with Gasteiger partial charge in [0.25, 0.3) is 0 Å². The Balaban J connectivity index is 2.08. The highest BCUT2D eigenvalue weighted by molar-refractivity contribution is 7.99. The van der Waals surface area contributed by atoms with Crippen molar-refractivity contribution >= 4 is 35.2 Å². The molecule has 2 amide bonds. The molecule has 0 fully saturated rings. The molecule has 0 bridgehead atoms. The minimum absolute atomic E-state index is 0.0335. The van der Waals surface area contributed by atoms with Crippen molar-refractivity contribution in [3.8, 4) is 0 Å². The standard InChI is InChI=1S/C23H28ClFN2O2S/c1-4-16(2)26-23(29)17(3)27(13-18-9-6-5-7-10-18)22(28)15-30-14-19-20(24)11-8-12-21(19)25/h5-12,16-17H,4,13-15H2,1-3H3,(H,26,29)/t16-,17+/m1/s1. The first-order valence-corrected chi connectivity index (χ1v) is 11.5. The maximum atomic E-state index is 14.0. The average Bonchev–Trinajstić information content (AvgIpc) is 2.74. The SMILES string of the molecule is CC[C@@H](C)NC(=O)[C@H](C)N(Cc1ccccc1)C(=O)CSCc1c(F)cccc1Cl. The van der Waals surface area contributed by atoms with Crippen LogP contribution in [0.3, 0.4) is 0 Å². The largest absolute Gasteiger partial charge is 0.352 e. The van der Waals surface area contributed by atoms with Crippen molar-refractivity contribution in [3.05, 3.63) is 70.5 Å². The lowest BCUT2D eigenvalue weighted by Gasteiger charge is -2.29. The summed E-state index contributed by atoms with van der Waals surface area (Å²) in [7, 11) is 0.